The lowest BCUT2D eigenvalue weighted by Gasteiger charge is -2.10. The van der Waals surface area contributed by atoms with E-state index in [9.17, 15) is 4.79 Å². The molecule has 1 amide bonds. The van der Waals surface area contributed by atoms with Crippen LogP contribution in [0.15, 0.2) is 16.3 Å². The van der Waals surface area contributed by atoms with Crippen LogP contribution in [-0.4, -0.2) is 24.7 Å². The molecular weight excluding hydrogens is 216 g/mol. The molecule has 1 aromatic rings. The molecule has 3 nitrogen and oxygen atoms in total. The highest BCUT2D eigenvalue weighted by Crippen LogP contribution is 2.25. The van der Waals surface area contributed by atoms with Gasteiger partial charge in [0.1, 0.15) is 4.88 Å². The zero-order chi connectivity index (χ0) is 10.6. The van der Waals surface area contributed by atoms with Gasteiger partial charge in [-0.2, -0.15) is 0 Å². The van der Waals surface area contributed by atoms with E-state index >= 15 is 0 Å². The smallest absolute Gasteiger partial charge is 0.262 e. The normalized spacial score (nSPS) is 12.5. The second-order valence-corrected chi connectivity index (χ2v) is 4.69. The van der Waals surface area contributed by atoms with E-state index in [4.69, 9.17) is 5.73 Å². The lowest BCUT2D eigenvalue weighted by molar-refractivity contribution is 0.0943. The molecule has 1 heterocycles. The quantitative estimate of drug-likeness (QED) is 0.772. The molecule has 0 aliphatic carbocycles. The molecule has 3 N–H and O–H groups in total. The van der Waals surface area contributed by atoms with Crippen molar-refractivity contribution in [3.63, 3.8) is 0 Å². The van der Waals surface area contributed by atoms with Gasteiger partial charge in [0.2, 0.25) is 0 Å². The number of thiophene rings is 1. The summed E-state index contributed by atoms with van der Waals surface area (Å²) in [6.45, 7) is 2.36. The Bertz CT molecular complexity index is 312. The lowest BCUT2D eigenvalue weighted by Crippen LogP contribution is -2.37. The van der Waals surface area contributed by atoms with E-state index in [-0.39, 0.29) is 11.9 Å². The Morgan fingerprint density at radius 3 is 3.07 bits per heavy atom. The van der Waals surface area contributed by atoms with Gasteiger partial charge in [-0.25, -0.2) is 0 Å². The number of carbonyl (C=O) groups is 1. The van der Waals surface area contributed by atoms with Gasteiger partial charge in [0.25, 0.3) is 5.91 Å². The Kier molecular flexibility index (Phi) is 4.44. The van der Waals surface area contributed by atoms with Crippen molar-refractivity contribution in [2.24, 2.45) is 5.73 Å². The van der Waals surface area contributed by atoms with Gasteiger partial charge in [0.05, 0.1) is 0 Å². The predicted octanol–water partition coefficient (Wildman–Crippen LogP) is 1.55. The number of nitrogens with one attached hydrogen (secondary N) is 1. The number of carbonyl (C=O) groups excluding carboxylic acids is 1. The summed E-state index contributed by atoms with van der Waals surface area (Å²) in [5, 5.41) is 4.76. The number of rotatable bonds is 4. The molecule has 78 valence electrons. The highest BCUT2D eigenvalue weighted by Gasteiger charge is 2.13. The Hall–Kier alpha value is -0.520. The van der Waals surface area contributed by atoms with Crippen LogP contribution in [-0.2, 0) is 0 Å². The minimum Gasteiger partial charge on any atom is -0.348 e. The Labute approximate surface area is 92.1 Å². The monoisotopic (exact) mass is 230 g/mol. The van der Waals surface area contributed by atoms with Crippen molar-refractivity contribution in [1.82, 2.24) is 5.32 Å². The average molecular weight is 230 g/mol. The number of amides is 1. The maximum atomic E-state index is 11.7. The van der Waals surface area contributed by atoms with E-state index in [0.717, 1.165) is 9.77 Å². The van der Waals surface area contributed by atoms with Gasteiger partial charge in [-0.1, -0.05) is 0 Å². The third-order valence-corrected chi connectivity index (χ3v) is 3.61. The summed E-state index contributed by atoms with van der Waals surface area (Å²) < 4.78 is 0. The van der Waals surface area contributed by atoms with Crippen LogP contribution in [0.4, 0.5) is 0 Å². The van der Waals surface area contributed by atoms with E-state index in [1.807, 2.05) is 24.6 Å². The van der Waals surface area contributed by atoms with Gasteiger partial charge in [0.15, 0.2) is 0 Å². The van der Waals surface area contributed by atoms with Crippen LogP contribution < -0.4 is 11.1 Å². The Morgan fingerprint density at radius 2 is 2.50 bits per heavy atom. The fourth-order valence-corrected chi connectivity index (χ4v) is 2.63. The molecule has 0 aliphatic rings. The summed E-state index contributed by atoms with van der Waals surface area (Å²) in [4.78, 5) is 13.5. The van der Waals surface area contributed by atoms with Crippen molar-refractivity contribution in [1.29, 1.82) is 0 Å². The number of hydrogen-bond donors (Lipinski definition) is 2. The molecule has 0 aromatic carbocycles. The molecular formula is C9H14N2OS2. The number of nitrogens with two attached hydrogens (primary N) is 1. The van der Waals surface area contributed by atoms with Crippen molar-refractivity contribution in [3.8, 4) is 0 Å². The minimum atomic E-state index is -0.0256. The summed E-state index contributed by atoms with van der Waals surface area (Å²) in [6.07, 6.45) is 1.96. The summed E-state index contributed by atoms with van der Waals surface area (Å²) in [5.74, 6) is -0.0256. The van der Waals surface area contributed by atoms with Crippen LogP contribution in [0.5, 0.6) is 0 Å². The fraction of sp³-hybridized carbons (Fsp3) is 0.444. The van der Waals surface area contributed by atoms with Crippen LogP contribution in [0.1, 0.15) is 16.6 Å². The zero-order valence-electron chi connectivity index (χ0n) is 8.24. The largest absolute Gasteiger partial charge is 0.348 e. The topological polar surface area (TPSA) is 55.1 Å². The second kappa shape index (κ2) is 5.38. The second-order valence-electron chi connectivity index (χ2n) is 2.93. The first-order valence-corrected chi connectivity index (χ1v) is 6.42. The SMILES string of the molecule is CSc1ccsc1C(=O)N[C@H](C)CN. The summed E-state index contributed by atoms with van der Waals surface area (Å²) in [7, 11) is 0. The van der Waals surface area contributed by atoms with Crippen molar-refractivity contribution in [2.75, 3.05) is 12.8 Å². The fourth-order valence-electron chi connectivity index (χ4n) is 0.972. The molecule has 1 atom stereocenters. The molecule has 0 aliphatic heterocycles. The van der Waals surface area contributed by atoms with E-state index in [1.165, 1.54) is 11.3 Å². The zero-order valence-corrected chi connectivity index (χ0v) is 9.87. The van der Waals surface area contributed by atoms with Crippen molar-refractivity contribution in [3.05, 3.63) is 16.3 Å². The van der Waals surface area contributed by atoms with E-state index < -0.39 is 0 Å². The first kappa shape index (κ1) is 11.6. The molecule has 1 aromatic heterocycles. The summed E-state index contributed by atoms with van der Waals surface area (Å²) in [6, 6.07) is 1.98. The first-order chi connectivity index (χ1) is 6.69. The van der Waals surface area contributed by atoms with E-state index in [2.05, 4.69) is 5.32 Å². The first-order valence-electron chi connectivity index (χ1n) is 4.31. The van der Waals surface area contributed by atoms with Crippen molar-refractivity contribution in [2.45, 2.75) is 17.9 Å². The van der Waals surface area contributed by atoms with Crippen LogP contribution in [0.25, 0.3) is 0 Å². The highest BCUT2D eigenvalue weighted by atomic mass is 32.2. The van der Waals surface area contributed by atoms with Gasteiger partial charge in [0, 0.05) is 17.5 Å². The molecule has 0 bridgehead atoms. The van der Waals surface area contributed by atoms with Gasteiger partial charge in [-0.3, -0.25) is 4.79 Å². The maximum Gasteiger partial charge on any atom is 0.262 e. The molecule has 5 heteroatoms. The highest BCUT2D eigenvalue weighted by molar-refractivity contribution is 7.98. The Morgan fingerprint density at radius 1 is 1.79 bits per heavy atom. The van der Waals surface area contributed by atoms with Crippen LogP contribution >= 0.6 is 23.1 Å². The molecule has 14 heavy (non-hydrogen) atoms. The number of hydrogen-bond acceptors (Lipinski definition) is 4. The van der Waals surface area contributed by atoms with Crippen LogP contribution in [0.3, 0.4) is 0 Å². The molecule has 0 spiro atoms. The van der Waals surface area contributed by atoms with Gasteiger partial charge in [-0.15, -0.1) is 23.1 Å². The molecule has 1 rings (SSSR count). The van der Waals surface area contributed by atoms with Gasteiger partial charge in [-0.05, 0) is 24.6 Å². The maximum absolute atomic E-state index is 11.7. The third kappa shape index (κ3) is 2.73. The number of thioether (sulfide) groups is 1. The van der Waals surface area contributed by atoms with E-state index in [0.29, 0.717) is 6.54 Å². The Balaban J connectivity index is 2.69. The predicted molar refractivity (Wildman–Crippen MR) is 62.1 cm³/mol. The molecule has 0 unspecified atom stereocenters. The molecule has 0 saturated carbocycles. The van der Waals surface area contributed by atoms with E-state index in [1.54, 1.807) is 11.8 Å². The molecule has 0 saturated heterocycles. The van der Waals surface area contributed by atoms with Crippen molar-refractivity contribution >= 4 is 29.0 Å². The summed E-state index contributed by atoms with van der Waals surface area (Å²) in [5.41, 5.74) is 5.43. The molecule has 0 radical (unpaired) electrons. The van der Waals surface area contributed by atoms with Crippen LogP contribution in [0.2, 0.25) is 0 Å². The standard InChI is InChI=1S/C9H14N2OS2/c1-6(5-10)11-9(12)8-7(13-2)3-4-14-8/h3-4,6H,5,10H2,1-2H3,(H,11,12)/t6-/m1/s1. The average Bonchev–Trinajstić information content (AvgIpc) is 2.65. The van der Waals surface area contributed by atoms with Crippen molar-refractivity contribution < 1.29 is 4.79 Å². The molecule has 0 fully saturated rings. The minimum absolute atomic E-state index is 0.0256. The van der Waals surface area contributed by atoms with Gasteiger partial charge < -0.3 is 11.1 Å². The third-order valence-electron chi connectivity index (χ3n) is 1.79. The van der Waals surface area contributed by atoms with Gasteiger partial charge >= 0.3 is 0 Å². The summed E-state index contributed by atoms with van der Waals surface area (Å²) >= 11 is 3.04. The lowest BCUT2D eigenvalue weighted by atomic mass is 10.3. The van der Waals surface area contributed by atoms with Crippen LogP contribution in [0, 0.1) is 0 Å².